The smallest absolute Gasteiger partial charge is 0.110 e. The molecule has 108 valence electrons. The standard InChI is InChI=1S/C14H25N3S2/c1-4-12-14(19-9-8-18-12)11(15-3)10-13-16-6-7-17(13)5-2/h6-7,11-12,14-15H,4-5,8-10H2,1-3H3. The van der Waals surface area contributed by atoms with Gasteiger partial charge < -0.3 is 9.88 Å². The van der Waals surface area contributed by atoms with Crippen LogP contribution in [0.3, 0.4) is 0 Å². The molecule has 3 atom stereocenters. The van der Waals surface area contributed by atoms with Crippen LogP contribution in [0.1, 0.15) is 26.1 Å². The average Bonchev–Trinajstić information content (AvgIpc) is 2.92. The normalized spacial score (nSPS) is 25.4. The lowest BCUT2D eigenvalue weighted by Crippen LogP contribution is -2.45. The number of rotatable bonds is 6. The summed E-state index contributed by atoms with van der Waals surface area (Å²) in [6.45, 7) is 5.51. The van der Waals surface area contributed by atoms with Crippen molar-refractivity contribution in [2.75, 3.05) is 18.6 Å². The molecule has 0 bridgehead atoms. The van der Waals surface area contributed by atoms with E-state index in [0.29, 0.717) is 11.3 Å². The van der Waals surface area contributed by atoms with Gasteiger partial charge in [0.2, 0.25) is 0 Å². The number of imidazole rings is 1. The number of aryl methyl sites for hydroxylation is 1. The van der Waals surface area contributed by atoms with E-state index in [2.05, 4.69) is 65.5 Å². The van der Waals surface area contributed by atoms with Gasteiger partial charge in [-0.1, -0.05) is 6.92 Å². The third-order valence-corrected chi connectivity index (χ3v) is 7.21. The molecule has 5 heteroatoms. The Labute approximate surface area is 125 Å². The number of hydrogen-bond donors (Lipinski definition) is 1. The molecule has 1 aliphatic rings. The molecule has 0 amide bonds. The van der Waals surface area contributed by atoms with Crippen LogP contribution in [0, 0.1) is 0 Å². The maximum atomic E-state index is 4.53. The van der Waals surface area contributed by atoms with Crippen molar-refractivity contribution in [3.05, 3.63) is 18.2 Å². The maximum Gasteiger partial charge on any atom is 0.110 e. The highest BCUT2D eigenvalue weighted by Gasteiger charge is 2.31. The minimum absolute atomic E-state index is 0.524. The predicted octanol–water partition coefficient (Wildman–Crippen LogP) is 2.66. The molecule has 1 aromatic rings. The first-order valence-corrected chi connectivity index (χ1v) is 9.30. The fraction of sp³-hybridized carbons (Fsp3) is 0.786. The van der Waals surface area contributed by atoms with Gasteiger partial charge in [0.25, 0.3) is 0 Å². The van der Waals surface area contributed by atoms with Crippen molar-refractivity contribution in [2.24, 2.45) is 0 Å². The molecule has 1 fully saturated rings. The molecule has 2 rings (SSSR count). The number of thioether (sulfide) groups is 2. The van der Waals surface area contributed by atoms with Gasteiger partial charge in [0, 0.05) is 53.4 Å². The zero-order valence-corrected chi connectivity index (χ0v) is 13.8. The third kappa shape index (κ3) is 3.70. The van der Waals surface area contributed by atoms with Crippen LogP contribution in [0.5, 0.6) is 0 Å². The van der Waals surface area contributed by atoms with Gasteiger partial charge in [0.05, 0.1) is 0 Å². The monoisotopic (exact) mass is 299 g/mol. The van der Waals surface area contributed by atoms with Crippen LogP contribution in [0.2, 0.25) is 0 Å². The predicted molar refractivity (Wildman–Crippen MR) is 87.2 cm³/mol. The molecule has 0 saturated carbocycles. The van der Waals surface area contributed by atoms with Crippen molar-refractivity contribution in [1.82, 2.24) is 14.9 Å². The molecule has 1 aromatic heterocycles. The van der Waals surface area contributed by atoms with Crippen molar-refractivity contribution in [3.63, 3.8) is 0 Å². The Morgan fingerprint density at radius 3 is 2.89 bits per heavy atom. The summed E-state index contributed by atoms with van der Waals surface area (Å²) >= 11 is 4.29. The van der Waals surface area contributed by atoms with Gasteiger partial charge in [-0.2, -0.15) is 23.5 Å². The van der Waals surface area contributed by atoms with Crippen LogP contribution in [-0.2, 0) is 13.0 Å². The fourth-order valence-corrected chi connectivity index (χ4v) is 6.01. The number of nitrogens with one attached hydrogen (secondary N) is 1. The Kier molecular flexibility index (Phi) is 6.10. The summed E-state index contributed by atoms with van der Waals surface area (Å²) in [6, 6.07) is 0.524. The van der Waals surface area contributed by atoms with Crippen molar-refractivity contribution in [2.45, 2.75) is 49.8 Å². The van der Waals surface area contributed by atoms with E-state index in [9.17, 15) is 0 Å². The largest absolute Gasteiger partial charge is 0.335 e. The number of aromatic nitrogens is 2. The minimum Gasteiger partial charge on any atom is -0.335 e. The summed E-state index contributed by atoms with van der Waals surface area (Å²) in [6.07, 6.45) is 6.31. The van der Waals surface area contributed by atoms with E-state index in [1.807, 2.05) is 6.20 Å². The Bertz CT molecular complexity index is 381. The summed E-state index contributed by atoms with van der Waals surface area (Å²) in [7, 11) is 2.09. The van der Waals surface area contributed by atoms with Crippen LogP contribution in [0.15, 0.2) is 12.4 Å². The molecule has 1 saturated heterocycles. The van der Waals surface area contributed by atoms with Gasteiger partial charge in [-0.15, -0.1) is 0 Å². The Morgan fingerprint density at radius 1 is 1.42 bits per heavy atom. The lowest BCUT2D eigenvalue weighted by Gasteiger charge is -2.35. The molecule has 0 aromatic carbocycles. The fourth-order valence-electron chi connectivity index (χ4n) is 2.71. The molecular weight excluding hydrogens is 274 g/mol. The first-order chi connectivity index (χ1) is 9.30. The van der Waals surface area contributed by atoms with Crippen LogP contribution < -0.4 is 5.32 Å². The minimum atomic E-state index is 0.524. The van der Waals surface area contributed by atoms with Crippen LogP contribution in [0.4, 0.5) is 0 Å². The summed E-state index contributed by atoms with van der Waals surface area (Å²) in [4.78, 5) is 4.53. The van der Waals surface area contributed by atoms with E-state index >= 15 is 0 Å². The van der Waals surface area contributed by atoms with Crippen molar-refractivity contribution < 1.29 is 0 Å². The molecule has 0 aliphatic carbocycles. The van der Waals surface area contributed by atoms with Gasteiger partial charge in [-0.3, -0.25) is 0 Å². The topological polar surface area (TPSA) is 29.9 Å². The van der Waals surface area contributed by atoms with Crippen LogP contribution >= 0.6 is 23.5 Å². The lowest BCUT2D eigenvalue weighted by molar-refractivity contribution is 0.496. The van der Waals surface area contributed by atoms with E-state index in [0.717, 1.165) is 18.2 Å². The maximum absolute atomic E-state index is 4.53. The first kappa shape index (κ1) is 15.3. The van der Waals surface area contributed by atoms with E-state index in [-0.39, 0.29) is 0 Å². The highest BCUT2D eigenvalue weighted by atomic mass is 32.2. The number of hydrogen-bond acceptors (Lipinski definition) is 4. The summed E-state index contributed by atoms with van der Waals surface area (Å²) in [5.74, 6) is 3.80. The van der Waals surface area contributed by atoms with Gasteiger partial charge in [0.15, 0.2) is 0 Å². The second-order valence-corrected chi connectivity index (χ2v) is 7.51. The molecule has 3 nitrogen and oxygen atoms in total. The summed E-state index contributed by atoms with van der Waals surface area (Å²) < 4.78 is 2.26. The SMILES string of the molecule is CCC1SCCSC1C(Cc1nccn1CC)NC. The number of likely N-dealkylation sites (N-methyl/N-ethyl adjacent to an activating group) is 1. The lowest BCUT2D eigenvalue weighted by atomic mass is 10.1. The first-order valence-electron chi connectivity index (χ1n) is 7.20. The van der Waals surface area contributed by atoms with E-state index in [1.165, 1.54) is 23.8 Å². The molecule has 19 heavy (non-hydrogen) atoms. The zero-order chi connectivity index (χ0) is 13.7. The Hall–Kier alpha value is -0.130. The van der Waals surface area contributed by atoms with Crippen LogP contribution in [-0.4, -0.2) is 44.6 Å². The van der Waals surface area contributed by atoms with Gasteiger partial charge in [-0.05, 0) is 20.4 Å². The van der Waals surface area contributed by atoms with Crippen molar-refractivity contribution in [1.29, 1.82) is 0 Å². The van der Waals surface area contributed by atoms with Crippen molar-refractivity contribution >= 4 is 23.5 Å². The molecule has 1 aliphatic heterocycles. The third-order valence-electron chi connectivity index (χ3n) is 3.81. The molecule has 0 spiro atoms. The van der Waals surface area contributed by atoms with Gasteiger partial charge in [-0.25, -0.2) is 4.98 Å². The van der Waals surface area contributed by atoms with Crippen LogP contribution in [0.25, 0.3) is 0 Å². The summed E-state index contributed by atoms with van der Waals surface area (Å²) in [5, 5.41) is 5.02. The van der Waals surface area contributed by atoms with Crippen molar-refractivity contribution in [3.8, 4) is 0 Å². The molecular formula is C14H25N3S2. The van der Waals surface area contributed by atoms with Gasteiger partial charge in [0.1, 0.15) is 5.82 Å². The summed E-state index contributed by atoms with van der Waals surface area (Å²) in [5.41, 5.74) is 0. The molecule has 2 heterocycles. The highest BCUT2D eigenvalue weighted by Crippen LogP contribution is 2.35. The Balaban J connectivity index is 2.06. The van der Waals surface area contributed by atoms with E-state index in [1.54, 1.807) is 0 Å². The number of nitrogens with zero attached hydrogens (tertiary/aromatic N) is 2. The average molecular weight is 300 g/mol. The van der Waals surface area contributed by atoms with E-state index in [4.69, 9.17) is 0 Å². The molecule has 3 unspecified atom stereocenters. The molecule has 1 N–H and O–H groups in total. The zero-order valence-electron chi connectivity index (χ0n) is 12.1. The second kappa shape index (κ2) is 7.60. The molecule has 0 radical (unpaired) electrons. The quantitative estimate of drug-likeness (QED) is 0.874. The van der Waals surface area contributed by atoms with Gasteiger partial charge >= 0.3 is 0 Å². The highest BCUT2D eigenvalue weighted by molar-refractivity contribution is 8.07. The van der Waals surface area contributed by atoms with E-state index < -0.39 is 0 Å². The second-order valence-electron chi connectivity index (χ2n) is 4.88. The Morgan fingerprint density at radius 2 is 2.21 bits per heavy atom.